The molecule has 0 N–H and O–H groups in total. The van der Waals surface area contributed by atoms with Crippen LogP contribution < -0.4 is 4.74 Å². The van der Waals surface area contributed by atoms with Gasteiger partial charge in [0.15, 0.2) is 5.69 Å². The number of benzene rings is 2. The molecule has 0 saturated carbocycles. The zero-order chi connectivity index (χ0) is 24.2. The van der Waals surface area contributed by atoms with Crippen LogP contribution in [-0.4, -0.2) is 50.7 Å². The van der Waals surface area contributed by atoms with E-state index in [9.17, 15) is 4.79 Å². The summed E-state index contributed by atoms with van der Waals surface area (Å²) in [5, 5.41) is 9.22. The van der Waals surface area contributed by atoms with Gasteiger partial charge in [-0.2, -0.15) is 10.2 Å². The fraction of sp³-hybridized carbons (Fsp3) is 0.296. The summed E-state index contributed by atoms with van der Waals surface area (Å²) < 4.78 is 14.4. The number of hydrogen-bond donors (Lipinski definition) is 0. The molecule has 4 aromatic rings. The van der Waals surface area contributed by atoms with Gasteiger partial charge in [-0.15, -0.1) is 0 Å². The van der Waals surface area contributed by atoms with Crippen LogP contribution in [0.25, 0.3) is 5.69 Å². The number of carbonyl (C=O) groups excluding carboxylic acids is 1. The molecule has 0 saturated heterocycles. The second kappa shape index (κ2) is 10.1. The van der Waals surface area contributed by atoms with E-state index in [0.29, 0.717) is 25.4 Å². The number of rotatable bonds is 8. The van der Waals surface area contributed by atoms with Crippen LogP contribution in [0.4, 0.5) is 0 Å². The van der Waals surface area contributed by atoms with Crippen molar-refractivity contribution in [2.24, 2.45) is 0 Å². The Morgan fingerprint density at radius 3 is 2.57 bits per heavy atom. The standard InChI is InChI=1S/C27H29N5O3/c1-3-35-27(33)26-24-19-30(16-21-15-28-31(18-21)22-7-5-4-6-8-22)14-13-25(24)32(29-26)17-20-9-11-23(34-2)12-10-20/h4-12,15,18H,3,13-14,16-17,19H2,1-2H3. The highest BCUT2D eigenvalue weighted by Crippen LogP contribution is 2.26. The van der Waals surface area contributed by atoms with Gasteiger partial charge in [0, 0.05) is 49.1 Å². The summed E-state index contributed by atoms with van der Waals surface area (Å²) >= 11 is 0. The zero-order valence-corrected chi connectivity index (χ0v) is 20.1. The number of ether oxygens (including phenoxy) is 2. The van der Waals surface area contributed by atoms with E-state index in [1.807, 2.05) is 77.1 Å². The van der Waals surface area contributed by atoms with E-state index in [0.717, 1.165) is 53.3 Å². The van der Waals surface area contributed by atoms with Crippen LogP contribution in [0.1, 0.15) is 39.8 Å². The summed E-state index contributed by atoms with van der Waals surface area (Å²) in [7, 11) is 1.66. The van der Waals surface area contributed by atoms with Crippen molar-refractivity contribution in [2.45, 2.75) is 33.0 Å². The van der Waals surface area contributed by atoms with Crippen LogP contribution in [-0.2, 0) is 30.8 Å². The van der Waals surface area contributed by atoms with E-state index < -0.39 is 0 Å². The molecule has 0 fully saturated rings. The summed E-state index contributed by atoms with van der Waals surface area (Å²) in [5.41, 5.74) is 5.73. The van der Waals surface area contributed by atoms with Gasteiger partial charge in [0.05, 0.1) is 32.1 Å². The lowest BCUT2D eigenvalue weighted by Crippen LogP contribution is -2.31. The minimum absolute atomic E-state index is 0.321. The molecular formula is C27H29N5O3. The quantitative estimate of drug-likeness (QED) is 0.363. The monoisotopic (exact) mass is 471 g/mol. The molecule has 5 rings (SSSR count). The van der Waals surface area contributed by atoms with Crippen molar-refractivity contribution >= 4 is 5.97 Å². The van der Waals surface area contributed by atoms with Gasteiger partial charge in [-0.05, 0) is 36.8 Å². The predicted octanol–water partition coefficient (Wildman–Crippen LogP) is 3.86. The molecule has 0 spiro atoms. The highest BCUT2D eigenvalue weighted by Gasteiger charge is 2.29. The third-order valence-electron chi connectivity index (χ3n) is 6.24. The Morgan fingerprint density at radius 1 is 1.03 bits per heavy atom. The molecule has 2 aromatic carbocycles. The molecule has 8 nitrogen and oxygen atoms in total. The van der Waals surface area contributed by atoms with Crippen molar-refractivity contribution in [3.05, 3.63) is 95.1 Å². The Morgan fingerprint density at radius 2 is 1.83 bits per heavy atom. The van der Waals surface area contributed by atoms with Gasteiger partial charge in [-0.1, -0.05) is 30.3 Å². The molecule has 0 amide bonds. The molecule has 1 aliphatic heterocycles. The highest BCUT2D eigenvalue weighted by atomic mass is 16.5. The first-order chi connectivity index (χ1) is 17.1. The Kier molecular flexibility index (Phi) is 6.63. The van der Waals surface area contributed by atoms with Crippen LogP contribution in [0.5, 0.6) is 5.75 Å². The predicted molar refractivity (Wildman–Crippen MR) is 132 cm³/mol. The molecule has 180 valence electrons. The molecule has 0 unspecified atom stereocenters. The number of aromatic nitrogens is 4. The molecule has 35 heavy (non-hydrogen) atoms. The largest absolute Gasteiger partial charge is 0.497 e. The average Bonchev–Trinajstić information content (AvgIpc) is 3.50. The number of methoxy groups -OCH3 is 1. The van der Waals surface area contributed by atoms with E-state index in [4.69, 9.17) is 14.6 Å². The smallest absolute Gasteiger partial charge is 0.359 e. The van der Waals surface area contributed by atoms with Crippen molar-refractivity contribution in [3.63, 3.8) is 0 Å². The molecule has 0 radical (unpaired) electrons. The maximum atomic E-state index is 12.7. The maximum absolute atomic E-state index is 12.7. The normalized spacial score (nSPS) is 13.4. The van der Waals surface area contributed by atoms with Gasteiger partial charge >= 0.3 is 5.97 Å². The fourth-order valence-corrected chi connectivity index (χ4v) is 4.50. The molecule has 0 bridgehead atoms. The van der Waals surface area contributed by atoms with E-state index >= 15 is 0 Å². The van der Waals surface area contributed by atoms with Gasteiger partial charge in [-0.25, -0.2) is 9.48 Å². The number of nitrogens with zero attached hydrogens (tertiary/aromatic N) is 5. The number of fused-ring (bicyclic) bond motifs is 1. The summed E-state index contributed by atoms with van der Waals surface area (Å²) in [4.78, 5) is 15.1. The van der Waals surface area contributed by atoms with Crippen molar-refractivity contribution < 1.29 is 14.3 Å². The van der Waals surface area contributed by atoms with Crippen molar-refractivity contribution in [3.8, 4) is 11.4 Å². The minimum Gasteiger partial charge on any atom is -0.497 e. The van der Waals surface area contributed by atoms with E-state index in [1.54, 1.807) is 7.11 Å². The highest BCUT2D eigenvalue weighted by molar-refractivity contribution is 5.89. The third kappa shape index (κ3) is 4.97. The van der Waals surface area contributed by atoms with Crippen molar-refractivity contribution in [1.29, 1.82) is 0 Å². The molecule has 0 aliphatic carbocycles. The van der Waals surface area contributed by atoms with Crippen LogP contribution >= 0.6 is 0 Å². The second-order valence-electron chi connectivity index (χ2n) is 8.59. The SMILES string of the molecule is CCOC(=O)c1nn(Cc2ccc(OC)cc2)c2c1CN(Cc1cnn(-c3ccccc3)c1)CC2. The first kappa shape index (κ1) is 22.9. The Balaban J connectivity index is 1.36. The minimum atomic E-state index is -0.365. The topological polar surface area (TPSA) is 74.4 Å². The van der Waals surface area contributed by atoms with E-state index in [2.05, 4.69) is 16.2 Å². The fourth-order valence-electron chi connectivity index (χ4n) is 4.50. The van der Waals surface area contributed by atoms with E-state index in [-0.39, 0.29) is 5.97 Å². The lowest BCUT2D eigenvalue weighted by Gasteiger charge is -2.27. The molecular weight excluding hydrogens is 442 g/mol. The summed E-state index contributed by atoms with van der Waals surface area (Å²) in [6.07, 6.45) is 4.77. The molecule has 1 aliphatic rings. The van der Waals surface area contributed by atoms with E-state index in [1.165, 1.54) is 0 Å². The summed E-state index contributed by atoms with van der Waals surface area (Å²) in [6, 6.07) is 18.0. The molecule has 0 atom stereocenters. The second-order valence-corrected chi connectivity index (χ2v) is 8.59. The first-order valence-corrected chi connectivity index (χ1v) is 11.8. The zero-order valence-electron chi connectivity index (χ0n) is 20.1. The van der Waals surface area contributed by atoms with Gasteiger partial charge in [-0.3, -0.25) is 9.58 Å². The molecule has 3 heterocycles. The molecule has 2 aromatic heterocycles. The molecule has 8 heteroatoms. The average molecular weight is 472 g/mol. The Labute approximate surface area is 204 Å². The number of para-hydroxylation sites is 1. The van der Waals surface area contributed by atoms with Crippen LogP contribution in [0.2, 0.25) is 0 Å². The van der Waals surface area contributed by atoms with Crippen LogP contribution in [0, 0.1) is 0 Å². The number of esters is 1. The number of hydrogen-bond acceptors (Lipinski definition) is 6. The van der Waals surface area contributed by atoms with Gasteiger partial charge in [0.1, 0.15) is 5.75 Å². The van der Waals surface area contributed by atoms with Crippen molar-refractivity contribution in [2.75, 3.05) is 20.3 Å². The number of carbonyl (C=O) groups is 1. The Bertz CT molecular complexity index is 1290. The van der Waals surface area contributed by atoms with Gasteiger partial charge in [0.25, 0.3) is 0 Å². The lowest BCUT2D eigenvalue weighted by molar-refractivity contribution is 0.0515. The summed E-state index contributed by atoms with van der Waals surface area (Å²) in [6.45, 7) is 4.99. The Hall–Kier alpha value is -3.91. The van der Waals surface area contributed by atoms with Gasteiger partial charge in [0.2, 0.25) is 0 Å². The van der Waals surface area contributed by atoms with Crippen molar-refractivity contribution in [1.82, 2.24) is 24.5 Å². The lowest BCUT2D eigenvalue weighted by atomic mass is 10.0. The van der Waals surface area contributed by atoms with Gasteiger partial charge < -0.3 is 9.47 Å². The first-order valence-electron chi connectivity index (χ1n) is 11.8. The third-order valence-corrected chi connectivity index (χ3v) is 6.24. The maximum Gasteiger partial charge on any atom is 0.359 e. The van der Waals surface area contributed by atoms with Crippen LogP contribution in [0.15, 0.2) is 67.0 Å². The summed E-state index contributed by atoms with van der Waals surface area (Å²) in [5.74, 6) is 0.450. The van der Waals surface area contributed by atoms with Crippen LogP contribution in [0.3, 0.4) is 0 Å².